The van der Waals surface area contributed by atoms with Crippen molar-refractivity contribution in [3.63, 3.8) is 0 Å². The molecule has 35 heavy (non-hydrogen) atoms. The lowest BCUT2D eigenvalue weighted by molar-refractivity contribution is -0.141. The predicted octanol–water partition coefficient (Wildman–Crippen LogP) is -0.459. The molecule has 0 aromatic carbocycles. The van der Waals surface area contributed by atoms with Crippen LogP contribution in [0.2, 0.25) is 0 Å². The first-order valence-electron chi connectivity index (χ1n) is 12.3. The molecule has 8 N–H and O–H groups in total. The van der Waals surface area contributed by atoms with Crippen LogP contribution in [-0.2, 0) is 14.4 Å². The number of nitrogens with zero attached hydrogens (tertiary/aromatic N) is 1. The summed E-state index contributed by atoms with van der Waals surface area (Å²) < 4.78 is 0. The van der Waals surface area contributed by atoms with Gasteiger partial charge in [0.1, 0.15) is 12.1 Å². The number of aliphatic hydroxyl groups is 1. The molecule has 11 heteroatoms. The molecule has 3 fully saturated rings. The summed E-state index contributed by atoms with van der Waals surface area (Å²) in [7, 11) is 0. The molecule has 5 amide bonds. The first-order valence-corrected chi connectivity index (χ1v) is 12.3. The summed E-state index contributed by atoms with van der Waals surface area (Å²) in [5.74, 6) is -1.72. The molecule has 11 nitrogen and oxygen atoms in total. The van der Waals surface area contributed by atoms with Crippen molar-refractivity contribution < 1.29 is 24.3 Å². The standard InChI is InChI=1S/C24H40N6O5/c1-23(2,3)29-22(35)28-15(10-25)21(34)30-11-13-16(24(13,4)5)17(30)20(33)27-14(18(31)19(26)32)9-12-7-6-8-12/h9,12-13,15-18,31H,6-8,10-11,25H2,1-5H3,(H2,26,32)(H,27,33)(H2,28,29,35)/b14-9+/t13?,15-,16?,17?,18?/m0/s1. The van der Waals surface area contributed by atoms with Gasteiger partial charge in [-0.1, -0.05) is 26.3 Å². The van der Waals surface area contributed by atoms with Gasteiger partial charge in [0.2, 0.25) is 11.8 Å². The average molecular weight is 493 g/mol. The molecule has 3 rings (SSSR count). The zero-order chi connectivity index (χ0) is 26.3. The molecule has 0 bridgehead atoms. The molecule has 196 valence electrons. The highest BCUT2D eigenvalue weighted by Crippen LogP contribution is 2.64. The van der Waals surface area contributed by atoms with E-state index in [4.69, 9.17) is 11.5 Å². The molecule has 0 radical (unpaired) electrons. The Hall–Kier alpha value is -2.66. The normalized spacial score (nSPS) is 27.2. The molecule has 0 spiro atoms. The van der Waals surface area contributed by atoms with Gasteiger partial charge in [0.05, 0.1) is 5.70 Å². The van der Waals surface area contributed by atoms with Crippen molar-refractivity contribution >= 4 is 23.8 Å². The molecule has 5 atom stereocenters. The van der Waals surface area contributed by atoms with Crippen LogP contribution in [0.25, 0.3) is 0 Å². The summed E-state index contributed by atoms with van der Waals surface area (Å²) in [6.07, 6.45) is 2.88. The largest absolute Gasteiger partial charge is 0.377 e. The number of rotatable bonds is 8. The minimum Gasteiger partial charge on any atom is -0.377 e. The Morgan fingerprint density at radius 2 is 1.83 bits per heavy atom. The zero-order valence-corrected chi connectivity index (χ0v) is 21.3. The quantitative estimate of drug-likeness (QED) is 0.267. The van der Waals surface area contributed by atoms with E-state index in [1.807, 2.05) is 34.6 Å². The Kier molecular flexibility index (Phi) is 7.52. The van der Waals surface area contributed by atoms with E-state index >= 15 is 0 Å². The van der Waals surface area contributed by atoms with E-state index in [1.165, 1.54) is 4.90 Å². The second kappa shape index (κ2) is 9.77. The number of aliphatic hydroxyl groups excluding tert-OH is 1. The van der Waals surface area contributed by atoms with Crippen LogP contribution >= 0.6 is 0 Å². The van der Waals surface area contributed by atoms with Gasteiger partial charge >= 0.3 is 6.03 Å². The second-order valence-electron chi connectivity index (χ2n) is 11.6. The molecule has 1 aliphatic heterocycles. The van der Waals surface area contributed by atoms with Crippen molar-refractivity contribution in [2.24, 2.45) is 34.6 Å². The number of allylic oxidation sites excluding steroid dienone is 1. The number of fused-ring (bicyclic) bond motifs is 1. The van der Waals surface area contributed by atoms with Crippen LogP contribution < -0.4 is 27.4 Å². The molecule has 0 aromatic rings. The molecule has 1 heterocycles. The number of nitrogens with two attached hydrogens (primary N) is 2. The van der Waals surface area contributed by atoms with Gasteiger partial charge in [-0.25, -0.2) is 4.79 Å². The van der Waals surface area contributed by atoms with Gasteiger partial charge in [0.25, 0.3) is 5.91 Å². The number of amides is 5. The molecule has 4 unspecified atom stereocenters. The Labute approximate surface area is 206 Å². The molecule has 2 aliphatic carbocycles. The summed E-state index contributed by atoms with van der Waals surface area (Å²) in [4.78, 5) is 52.4. The third-order valence-corrected chi connectivity index (χ3v) is 7.48. The monoisotopic (exact) mass is 492 g/mol. The smallest absolute Gasteiger partial charge is 0.315 e. The fraction of sp³-hybridized carbons (Fsp3) is 0.750. The van der Waals surface area contributed by atoms with Crippen molar-refractivity contribution in [1.82, 2.24) is 20.9 Å². The third kappa shape index (κ3) is 5.78. The molecule has 1 saturated heterocycles. The van der Waals surface area contributed by atoms with Crippen LogP contribution in [0.5, 0.6) is 0 Å². The van der Waals surface area contributed by atoms with Crippen molar-refractivity contribution in [1.29, 1.82) is 0 Å². The van der Waals surface area contributed by atoms with Crippen LogP contribution in [-0.4, -0.2) is 70.6 Å². The lowest BCUT2D eigenvalue weighted by Crippen LogP contribution is -2.60. The van der Waals surface area contributed by atoms with E-state index < -0.39 is 47.5 Å². The van der Waals surface area contributed by atoms with Gasteiger partial charge in [-0.15, -0.1) is 0 Å². The average Bonchev–Trinajstić information content (AvgIpc) is 3.06. The summed E-state index contributed by atoms with van der Waals surface area (Å²) >= 11 is 0. The number of hydrogen-bond donors (Lipinski definition) is 6. The van der Waals surface area contributed by atoms with Crippen LogP contribution in [0.1, 0.15) is 53.9 Å². The fourth-order valence-electron chi connectivity index (χ4n) is 5.20. The lowest BCUT2D eigenvalue weighted by Gasteiger charge is -2.33. The third-order valence-electron chi connectivity index (χ3n) is 7.48. The summed E-state index contributed by atoms with van der Waals surface area (Å²) in [6, 6.07) is -2.36. The summed E-state index contributed by atoms with van der Waals surface area (Å²) in [5, 5.41) is 18.4. The van der Waals surface area contributed by atoms with Crippen LogP contribution in [0, 0.1) is 23.2 Å². The number of primary amides is 1. The highest BCUT2D eigenvalue weighted by atomic mass is 16.3. The van der Waals surface area contributed by atoms with Gasteiger partial charge < -0.3 is 37.4 Å². The van der Waals surface area contributed by atoms with Crippen molar-refractivity contribution in [2.45, 2.75) is 77.6 Å². The van der Waals surface area contributed by atoms with Gasteiger partial charge in [0.15, 0.2) is 6.10 Å². The maximum Gasteiger partial charge on any atom is 0.315 e. The molecule has 2 saturated carbocycles. The van der Waals surface area contributed by atoms with Gasteiger partial charge in [-0.2, -0.15) is 0 Å². The number of hydrogen-bond acceptors (Lipinski definition) is 6. The number of piperidine rings is 1. The SMILES string of the molecule is CC(C)(C)NC(=O)N[C@@H](CN)C(=O)N1CC2C(C1C(=O)N/C(=C/C1CCC1)C(O)C(N)=O)C2(C)C. The molecule has 0 aromatic heterocycles. The first-order chi connectivity index (χ1) is 16.2. The van der Waals surface area contributed by atoms with Crippen molar-refractivity contribution in [2.75, 3.05) is 13.1 Å². The Balaban J connectivity index is 1.79. The van der Waals surface area contributed by atoms with Crippen molar-refractivity contribution in [3.8, 4) is 0 Å². The molecule has 3 aliphatic rings. The number of likely N-dealkylation sites (tertiary alicyclic amines) is 1. The minimum atomic E-state index is -1.65. The van der Waals surface area contributed by atoms with E-state index in [0.717, 1.165) is 19.3 Å². The van der Waals surface area contributed by atoms with Gasteiger partial charge in [-0.05, 0) is 56.8 Å². The molecular formula is C24H40N6O5. The lowest BCUT2D eigenvalue weighted by atomic mass is 9.84. The zero-order valence-electron chi connectivity index (χ0n) is 21.3. The summed E-state index contributed by atoms with van der Waals surface area (Å²) in [6.45, 7) is 9.76. The van der Waals surface area contributed by atoms with Gasteiger partial charge in [0, 0.05) is 18.6 Å². The topological polar surface area (TPSA) is 180 Å². The number of carbonyl (C=O) groups excluding carboxylic acids is 4. The van der Waals surface area contributed by atoms with Crippen LogP contribution in [0.4, 0.5) is 4.79 Å². The van der Waals surface area contributed by atoms with E-state index in [9.17, 15) is 24.3 Å². The van der Waals surface area contributed by atoms with Crippen LogP contribution in [0.3, 0.4) is 0 Å². The fourth-order valence-corrected chi connectivity index (χ4v) is 5.20. The summed E-state index contributed by atoms with van der Waals surface area (Å²) in [5.41, 5.74) is 10.5. The van der Waals surface area contributed by atoms with Crippen molar-refractivity contribution in [3.05, 3.63) is 11.8 Å². The maximum atomic E-state index is 13.5. The van der Waals surface area contributed by atoms with E-state index in [2.05, 4.69) is 16.0 Å². The predicted molar refractivity (Wildman–Crippen MR) is 129 cm³/mol. The van der Waals surface area contributed by atoms with Gasteiger partial charge in [-0.3, -0.25) is 14.4 Å². The Bertz CT molecular complexity index is 907. The van der Waals surface area contributed by atoms with Crippen LogP contribution in [0.15, 0.2) is 11.8 Å². The maximum absolute atomic E-state index is 13.5. The molecular weight excluding hydrogens is 452 g/mol. The van der Waals surface area contributed by atoms with E-state index in [0.29, 0.717) is 6.54 Å². The Morgan fingerprint density at radius 1 is 1.20 bits per heavy atom. The second-order valence-corrected chi connectivity index (χ2v) is 11.6. The van der Waals surface area contributed by atoms with E-state index in [1.54, 1.807) is 6.08 Å². The highest BCUT2D eigenvalue weighted by molar-refractivity contribution is 5.94. The van der Waals surface area contributed by atoms with E-state index in [-0.39, 0.29) is 35.4 Å². The Morgan fingerprint density at radius 3 is 2.31 bits per heavy atom. The highest BCUT2D eigenvalue weighted by Gasteiger charge is 2.69. The minimum absolute atomic E-state index is 0.0551. The first kappa shape index (κ1) is 26.9. The number of nitrogens with one attached hydrogen (secondary N) is 3. The number of urea groups is 1. The number of carbonyl (C=O) groups is 4.